The molecule has 1 rings (SSSR count). The van der Waals surface area contributed by atoms with Gasteiger partial charge in [-0.15, -0.1) is 0 Å². The fraction of sp³-hybridized carbons (Fsp3) is 0.643. The van der Waals surface area contributed by atoms with Gasteiger partial charge in [0.05, 0.1) is 5.54 Å². The molecule has 0 aromatic carbocycles. The Morgan fingerprint density at radius 2 is 2.30 bits per heavy atom. The summed E-state index contributed by atoms with van der Waals surface area (Å²) in [5, 5.41) is 4.17. The van der Waals surface area contributed by atoms with Crippen LogP contribution in [-0.4, -0.2) is 33.2 Å². The van der Waals surface area contributed by atoms with Gasteiger partial charge in [0.2, 0.25) is 5.91 Å². The first-order valence-electron chi connectivity index (χ1n) is 6.88. The maximum Gasteiger partial charge on any atom is 0.237 e. The fourth-order valence-electron chi connectivity index (χ4n) is 1.94. The largest absolute Gasteiger partial charge is 0.368 e. The van der Waals surface area contributed by atoms with Crippen LogP contribution < -0.4 is 11.1 Å². The lowest BCUT2D eigenvalue weighted by atomic mass is 9.95. The van der Waals surface area contributed by atoms with E-state index >= 15 is 0 Å². The number of hydrogen-bond acceptors (Lipinski definition) is 5. The number of nitrogens with one attached hydrogen (secondary N) is 1. The van der Waals surface area contributed by atoms with Crippen molar-refractivity contribution in [2.24, 2.45) is 5.73 Å². The van der Waals surface area contributed by atoms with Crippen LogP contribution in [0.15, 0.2) is 17.4 Å². The highest BCUT2D eigenvalue weighted by molar-refractivity contribution is 7.99. The molecule has 3 N–H and O–H groups in total. The van der Waals surface area contributed by atoms with E-state index in [0.717, 1.165) is 23.8 Å². The lowest BCUT2D eigenvalue weighted by Crippen LogP contribution is -2.54. The van der Waals surface area contributed by atoms with Crippen molar-refractivity contribution in [2.45, 2.75) is 56.5 Å². The van der Waals surface area contributed by atoms with Crippen LogP contribution in [0.25, 0.3) is 0 Å². The van der Waals surface area contributed by atoms with Crippen LogP contribution in [0, 0.1) is 6.92 Å². The van der Waals surface area contributed by atoms with Gasteiger partial charge in [0.25, 0.3) is 0 Å². The van der Waals surface area contributed by atoms with Gasteiger partial charge in [-0.3, -0.25) is 4.79 Å². The van der Waals surface area contributed by atoms with Crippen LogP contribution in [0.5, 0.6) is 0 Å². The Kier molecular flexibility index (Phi) is 6.42. The second kappa shape index (κ2) is 7.59. The molecule has 0 fully saturated rings. The number of rotatable bonds is 8. The molecular formula is C14H24N4OS. The molecule has 5 nitrogen and oxygen atoms in total. The molecule has 1 heterocycles. The monoisotopic (exact) mass is 296 g/mol. The van der Waals surface area contributed by atoms with Gasteiger partial charge in [-0.05, 0) is 39.3 Å². The van der Waals surface area contributed by atoms with Crippen LogP contribution in [0.3, 0.4) is 0 Å². The molecule has 6 heteroatoms. The summed E-state index contributed by atoms with van der Waals surface area (Å²) >= 11 is 1.57. The van der Waals surface area contributed by atoms with E-state index in [1.54, 1.807) is 18.0 Å². The minimum absolute atomic E-state index is 0.193. The number of carbonyl (C=O) groups is 1. The maximum absolute atomic E-state index is 11.7. The van der Waals surface area contributed by atoms with Gasteiger partial charge in [0, 0.05) is 17.1 Å². The zero-order chi connectivity index (χ0) is 15.2. The Labute approximate surface area is 125 Å². The highest BCUT2D eigenvalue weighted by Crippen LogP contribution is 2.26. The Morgan fingerprint density at radius 3 is 2.85 bits per heavy atom. The Balaban J connectivity index is 2.66. The molecule has 20 heavy (non-hydrogen) atoms. The Bertz CT molecular complexity index is 455. The summed E-state index contributed by atoms with van der Waals surface area (Å²) in [6.45, 7) is 8.70. The van der Waals surface area contributed by atoms with Crippen molar-refractivity contribution >= 4 is 17.7 Å². The van der Waals surface area contributed by atoms with E-state index in [4.69, 9.17) is 5.73 Å². The van der Waals surface area contributed by atoms with Crippen molar-refractivity contribution in [3.8, 4) is 0 Å². The molecule has 0 saturated heterocycles. The molecule has 1 amide bonds. The van der Waals surface area contributed by atoms with Crippen LogP contribution in [0.2, 0.25) is 0 Å². The Hall–Kier alpha value is -1.14. The van der Waals surface area contributed by atoms with Gasteiger partial charge < -0.3 is 11.1 Å². The third-order valence-corrected chi connectivity index (χ3v) is 4.06. The second-order valence-electron chi connectivity index (χ2n) is 5.24. The molecule has 1 aromatic heterocycles. The predicted molar refractivity (Wildman–Crippen MR) is 82.6 cm³/mol. The van der Waals surface area contributed by atoms with E-state index in [-0.39, 0.29) is 11.2 Å². The van der Waals surface area contributed by atoms with Crippen LogP contribution in [0.4, 0.5) is 0 Å². The average Bonchev–Trinajstić information content (AvgIpc) is 2.36. The lowest BCUT2D eigenvalue weighted by molar-refractivity contribution is -0.124. The number of primary amides is 1. The highest BCUT2D eigenvalue weighted by Gasteiger charge is 2.32. The minimum Gasteiger partial charge on any atom is -0.368 e. The predicted octanol–water partition coefficient (Wildman–Crippen LogP) is 1.90. The number of aryl methyl sites for hydroxylation is 1. The van der Waals surface area contributed by atoms with Crippen molar-refractivity contribution in [3.63, 3.8) is 0 Å². The molecule has 0 saturated carbocycles. The molecule has 2 atom stereocenters. The smallest absolute Gasteiger partial charge is 0.237 e. The van der Waals surface area contributed by atoms with Gasteiger partial charge in [-0.25, -0.2) is 9.97 Å². The molecular weight excluding hydrogens is 272 g/mol. The normalized spacial score (nSPS) is 15.6. The number of carbonyl (C=O) groups excluding carboxylic acids is 1. The first-order valence-corrected chi connectivity index (χ1v) is 7.76. The van der Waals surface area contributed by atoms with E-state index in [1.165, 1.54) is 0 Å². The molecule has 112 valence electrons. The van der Waals surface area contributed by atoms with E-state index < -0.39 is 5.54 Å². The molecule has 0 radical (unpaired) electrons. The number of amides is 1. The summed E-state index contributed by atoms with van der Waals surface area (Å²) in [6.07, 6.45) is 3.36. The number of aromatic nitrogens is 2. The number of nitrogens with zero attached hydrogens (tertiary/aromatic N) is 2. The summed E-state index contributed by atoms with van der Waals surface area (Å²) in [6, 6.07) is 1.87. The lowest BCUT2D eigenvalue weighted by Gasteiger charge is -2.29. The van der Waals surface area contributed by atoms with Crippen LogP contribution >= 0.6 is 11.8 Å². The maximum atomic E-state index is 11.7. The van der Waals surface area contributed by atoms with Gasteiger partial charge in [0.1, 0.15) is 0 Å². The number of hydrogen-bond donors (Lipinski definition) is 2. The molecule has 1 aromatic rings. The molecule has 0 aliphatic rings. The van der Waals surface area contributed by atoms with Crippen LogP contribution in [-0.2, 0) is 4.79 Å². The van der Waals surface area contributed by atoms with Crippen molar-refractivity contribution < 1.29 is 4.79 Å². The van der Waals surface area contributed by atoms with Gasteiger partial charge >= 0.3 is 0 Å². The summed E-state index contributed by atoms with van der Waals surface area (Å²) in [7, 11) is 0. The number of thioether (sulfide) groups is 1. The zero-order valence-electron chi connectivity index (χ0n) is 12.6. The van der Waals surface area contributed by atoms with Gasteiger partial charge in [-0.1, -0.05) is 25.6 Å². The van der Waals surface area contributed by atoms with Crippen molar-refractivity contribution in [2.75, 3.05) is 6.54 Å². The van der Waals surface area contributed by atoms with Crippen molar-refractivity contribution in [1.82, 2.24) is 15.3 Å². The summed E-state index contributed by atoms with van der Waals surface area (Å²) in [5.74, 6) is -0.316. The zero-order valence-corrected chi connectivity index (χ0v) is 13.5. The first kappa shape index (κ1) is 16.9. The molecule has 2 unspecified atom stereocenters. The first-order chi connectivity index (χ1) is 9.37. The van der Waals surface area contributed by atoms with E-state index in [0.29, 0.717) is 6.42 Å². The van der Waals surface area contributed by atoms with E-state index in [2.05, 4.69) is 29.1 Å². The third kappa shape index (κ3) is 5.09. The quantitative estimate of drug-likeness (QED) is 0.565. The molecule has 0 bridgehead atoms. The van der Waals surface area contributed by atoms with Crippen LogP contribution in [0.1, 0.15) is 39.3 Å². The molecule has 0 aliphatic heterocycles. The minimum atomic E-state index is -0.688. The molecule has 0 spiro atoms. The van der Waals surface area contributed by atoms with Gasteiger partial charge in [-0.2, -0.15) is 0 Å². The average molecular weight is 296 g/mol. The number of nitrogens with two attached hydrogens (primary N) is 1. The van der Waals surface area contributed by atoms with E-state index in [1.807, 2.05) is 19.9 Å². The summed E-state index contributed by atoms with van der Waals surface area (Å²) in [5.41, 5.74) is 5.79. The highest BCUT2D eigenvalue weighted by atomic mass is 32.2. The summed E-state index contributed by atoms with van der Waals surface area (Å²) in [4.78, 5) is 20.3. The standard InChI is InChI=1S/C14H24N4OS/c1-5-7-17-14(4,12(15)19)9-11(3)20-13-16-8-6-10(2)18-13/h6,8,11,17H,5,7,9H2,1-4H3,(H2,15,19). The van der Waals surface area contributed by atoms with Crippen molar-refractivity contribution in [3.05, 3.63) is 18.0 Å². The SMILES string of the molecule is CCCNC(C)(CC(C)Sc1nccc(C)n1)C(N)=O. The van der Waals surface area contributed by atoms with Gasteiger partial charge in [0.15, 0.2) is 5.16 Å². The van der Waals surface area contributed by atoms with E-state index in [9.17, 15) is 4.79 Å². The Morgan fingerprint density at radius 1 is 1.60 bits per heavy atom. The summed E-state index contributed by atoms with van der Waals surface area (Å²) < 4.78 is 0. The van der Waals surface area contributed by atoms with Crippen molar-refractivity contribution in [1.29, 1.82) is 0 Å². The second-order valence-corrected chi connectivity index (χ2v) is 6.64. The third-order valence-electron chi connectivity index (χ3n) is 3.08. The molecule has 0 aliphatic carbocycles. The topological polar surface area (TPSA) is 80.9 Å². The fourth-order valence-corrected chi connectivity index (χ4v) is 3.03.